The zero-order chi connectivity index (χ0) is 12.3. The van der Waals surface area contributed by atoms with Crippen LogP contribution in [-0.2, 0) is 5.41 Å². The van der Waals surface area contributed by atoms with Gasteiger partial charge in [-0.25, -0.2) is 0 Å². The van der Waals surface area contributed by atoms with E-state index in [9.17, 15) is 0 Å². The van der Waals surface area contributed by atoms with Crippen LogP contribution in [0.25, 0.3) is 0 Å². The van der Waals surface area contributed by atoms with Gasteiger partial charge in [-0.1, -0.05) is 40.7 Å². The second-order valence-electron chi connectivity index (χ2n) is 5.55. The number of methoxy groups -OCH3 is 1. The number of rotatable bonds is 3. The highest BCUT2D eigenvalue weighted by Gasteiger charge is 2.16. The maximum Gasteiger partial charge on any atom is 0.119 e. The van der Waals surface area contributed by atoms with E-state index in [-0.39, 0.29) is 5.41 Å². The first kappa shape index (κ1) is 13.1. The van der Waals surface area contributed by atoms with Crippen molar-refractivity contribution in [1.29, 1.82) is 0 Å². The van der Waals surface area contributed by atoms with Crippen LogP contribution in [0.5, 0.6) is 5.75 Å². The predicted molar refractivity (Wildman–Crippen MR) is 70.4 cm³/mol. The van der Waals surface area contributed by atoms with E-state index < -0.39 is 0 Å². The Labute approximate surface area is 99.8 Å². The molecule has 0 fully saturated rings. The molecule has 1 heteroatoms. The molecule has 0 saturated heterocycles. The summed E-state index contributed by atoms with van der Waals surface area (Å²) in [5, 5.41) is 0. The molecule has 0 spiro atoms. The molecule has 1 nitrogen and oxygen atoms in total. The van der Waals surface area contributed by atoms with Gasteiger partial charge in [0.1, 0.15) is 5.75 Å². The second-order valence-corrected chi connectivity index (χ2v) is 5.55. The Morgan fingerprint density at radius 1 is 1.19 bits per heavy atom. The van der Waals surface area contributed by atoms with Crippen LogP contribution >= 0.6 is 0 Å². The molecule has 0 aliphatic carbocycles. The van der Waals surface area contributed by atoms with Crippen molar-refractivity contribution >= 4 is 0 Å². The molecule has 1 atom stereocenters. The van der Waals surface area contributed by atoms with E-state index >= 15 is 0 Å². The summed E-state index contributed by atoms with van der Waals surface area (Å²) in [5.74, 6) is 1.57. The molecular weight excluding hydrogens is 196 g/mol. The maximum absolute atomic E-state index is 5.39. The van der Waals surface area contributed by atoms with Crippen LogP contribution in [-0.4, -0.2) is 7.11 Å². The maximum atomic E-state index is 5.39. The van der Waals surface area contributed by atoms with Crippen molar-refractivity contribution in [3.8, 4) is 5.75 Å². The zero-order valence-corrected chi connectivity index (χ0v) is 11.4. The van der Waals surface area contributed by atoms with Crippen molar-refractivity contribution < 1.29 is 4.74 Å². The Morgan fingerprint density at radius 3 is 2.25 bits per heavy atom. The fourth-order valence-corrected chi connectivity index (χ4v) is 1.69. The third-order valence-corrected chi connectivity index (χ3v) is 3.21. The molecule has 0 bridgehead atoms. The zero-order valence-electron chi connectivity index (χ0n) is 11.4. The van der Waals surface area contributed by atoms with Crippen LogP contribution in [0.1, 0.15) is 58.1 Å². The van der Waals surface area contributed by atoms with Crippen LogP contribution in [0.3, 0.4) is 0 Å². The molecule has 1 aromatic carbocycles. The molecule has 0 N–H and O–H groups in total. The van der Waals surface area contributed by atoms with E-state index in [4.69, 9.17) is 4.74 Å². The lowest BCUT2D eigenvalue weighted by molar-refractivity contribution is 0.411. The van der Waals surface area contributed by atoms with Gasteiger partial charge in [-0.3, -0.25) is 0 Å². The standard InChI is InChI=1S/C15H24O/c1-7-11(2)12-8-13(15(3,4)5)10-14(9-12)16-6/h8-11H,7H2,1-6H3. The van der Waals surface area contributed by atoms with Gasteiger partial charge < -0.3 is 4.74 Å². The van der Waals surface area contributed by atoms with Crippen molar-refractivity contribution in [2.24, 2.45) is 0 Å². The van der Waals surface area contributed by atoms with Gasteiger partial charge in [0.15, 0.2) is 0 Å². The molecule has 0 radical (unpaired) electrons. The summed E-state index contributed by atoms with van der Waals surface area (Å²) in [6.45, 7) is 11.2. The van der Waals surface area contributed by atoms with E-state index in [0.717, 1.165) is 12.2 Å². The van der Waals surface area contributed by atoms with Gasteiger partial charge in [0.05, 0.1) is 7.11 Å². The van der Waals surface area contributed by atoms with Crippen LogP contribution in [0.4, 0.5) is 0 Å². The van der Waals surface area contributed by atoms with E-state index in [0.29, 0.717) is 5.92 Å². The largest absolute Gasteiger partial charge is 0.497 e. The molecule has 0 aliphatic heterocycles. The molecular formula is C15H24O. The summed E-state index contributed by atoms with van der Waals surface area (Å²) in [5.41, 5.74) is 2.91. The van der Waals surface area contributed by atoms with Gasteiger partial charge in [0.25, 0.3) is 0 Å². The number of hydrogen-bond acceptors (Lipinski definition) is 1. The summed E-state index contributed by atoms with van der Waals surface area (Å²) in [4.78, 5) is 0. The molecule has 0 saturated carbocycles. The van der Waals surface area contributed by atoms with Crippen molar-refractivity contribution in [1.82, 2.24) is 0 Å². The summed E-state index contributed by atoms with van der Waals surface area (Å²) >= 11 is 0. The molecule has 1 unspecified atom stereocenters. The molecule has 0 aliphatic rings. The molecule has 0 heterocycles. The molecule has 16 heavy (non-hydrogen) atoms. The minimum absolute atomic E-state index is 0.177. The van der Waals surface area contributed by atoms with Gasteiger partial charge in [0.2, 0.25) is 0 Å². The number of hydrogen-bond donors (Lipinski definition) is 0. The average molecular weight is 220 g/mol. The highest BCUT2D eigenvalue weighted by Crippen LogP contribution is 2.31. The first-order chi connectivity index (χ1) is 7.38. The first-order valence-corrected chi connectivity index (χ1v) is 6.08. The summed E-state index contributed by atoms with van der Waals surface area (Å²) in [7, 11) is 1.74. The van der Waals surface area contributed by atoms with Gasteiger partial charge >= 0.3 is 0 Å². The first-order valence-electron chi connectivity index (χ1n) is 6.08. The highest BCUT2D eigenvalue weighted by atomic mass is 16.5. The lowest BCUT2D eigenvalue weighted by Crippen LogP contribution is -2.12. The second kappa shape index (κ2) is 4.90. The van der Waals surface area contributed by atoms with Gasteiger partial charge in [-0.2, -0.15) is 0 Å². The lowest BCUT2D eigenvalue weighted by Gasteiger charge is -2.22. The van der Waals surface area contributed by atoms with Crippen LogP contribution in [0.2, 0.25) is 0 Å². The van der Waals surface area contributed by atoms with Gasteiger partial charge in [0, 0.05) is 0 Å². The Bertz CT molecular complexity index is 347. The molecule has 90 valence electrons. The number of ether oxygens (including phenoxy) is 1. The third-order valence-electron chi connectivity index (χ3n) is 3.21. The average Bonchev–Trinajstić information content (AvgIpc) is 2.26. The minimum Gasteiger partial charge on any atom is -0.497 e. The van der Waals surface area contributed by atoms with Gasteiger partial charge in [-0.15, -0.1) is 0 Å². The minimum atomic E-state index is 0.177. The van der Waals surface area contributed by atoms with E-state index in [1.165, 1.54) is 11.1 Å². The van der Waals surface area contributed by atoms with E-state index in [1.807, 2.05) is 0 Å². The van der Waals surface area contributed by atoms with Crippen LogP contribution < -0.4 is 4.74 Å². The summed E-state index contributed by atoms with van der Waals surface area (Å²) < 4.78 is 5.39. The van der Waals surface area contributed by atoms with Crippen molar-refractivity contribution in [2.45, 2.75) is 52.4 Å². The lowest BCUT2D eigenvalue weighted by atomic mass is 9.84. The topological polar surface area (TPSA) is 9.23 Å². The molecule has 0 aromatic heterocycles. The van der Waals surface area contributed by atoms with E-state index in [1.54, 1.807) is 7.11 Å². The number of benzene rings is 1. The van der Waals surface area contributed by atoms with E-state index in [2.05, 4.69) is 52.8 Å². The third kappa shape index (κ3) is 3.01. The quantitative estimate of drug-likeness (QED) is 0.728. The smallest absolute Gasteiger partial charge is 0.119 e. The Kier molecular flexibility index (Phi) is 4.01. The Balaban J connectivity index is 3.21. The summed E-state index contributed by atoms with van der Waals surface area (Å²) in [6.07, 6.45) is 1.16. The monoisotopic (exact) mass is 220 g/mol. The van der Waals surface area contributed by atoms with Crippen LogP contribution in [0, 0.1) is 0 Å². The SMILES string of the molecule is CCC(C)c1cc(OC)cc(C(C)(C)C)c1. The molecule has 1 aromatic rings. The van der Waals surface area contributed by atoms with Crippen molar-refractivity contribution in [2.75, 3.05) is 7.11 Å². The van der Waals surface area contributed by atoms with Crippen molar-refractivity contribution in [3.63, 3.8) is 0 Å². The molecule has 1 rings (SSSR count). The Hall–Kier alpha value is -0.980. The van der Waals surface area contributed by atoms with Crippen molar-refractivity contribution in [3.05, 3.63) is 29.3 Å². The fourth-order valence-electron chi connectivity index (χ4n) is 1.69. The molecule has 0 amide bonds. The van der Waals surface area contributed by atoms with Gasteiger partial charge in [-0.05, 0) is 41.0 Å². The van der Waals surface area contributed by atoms with Crippen LogP contribution in [0.15, 0.2) is 18.2 Å². The Morgan fingerprint density at radius 2 is 1.81 bits per heavy atom. The fraction of sp³-hybridized carbons (Fsp3) is 0.600. The highest BCUT2D eigenvalue weighted by molar-refractivity contribution is 5.39. The summed E-state index contributed by atoms with van der Waals surface area (Å²) in [6, 6.07) is 6.62. The predicted octanol–water partition coefficient (Wildman–Crippen LogP) is 4.51. The normalized spacial score (nSPS) is 13.6.